The van der Waals surface area contributed by atoms with Crippen molar-refractivity contribution in [3.63, 3.8) is 0 Å². The molecule has 0 atom stereocenters. The summed E-state index contributed by atoms with van der Waals surface area (Å²) in [5.41, 5.74) is 2.40. The second-order valence-corrected chi connectivity index (χ2v) is 7.29. The molecule has 0 saturated heterocycles. The fourth-order valence-electron chi connectivity index (χ4n) is 4.09. The summed E-state index contributed by atoms with van der Waals surface area (Å²) in [7, 11) is 0. The molecule has 3 aromatic rings. The Labute approximate surface area is 156 Å². The minimum Gasteiger partial charge on any atom is -0.465 e. The predicted octanol–water partition coefficient (Wildman–Crippen LogP) is 5.11. The van der Waals surface area contributed by atoms with Gasteiger partial charge in [0.15, 0.2) is 0 Å². The van der Waals surface area contributed by atoms with Crippen molar-refractivity contribution in [2.75, 3.05) is 0 Å². The van der Waals surface area contributed by atoms with Gasteiger partial charge in [0.1, 0.15) is 0 Å². The molecule has 1 amide bonds. The highest BCUT2D eigenvalue weighted by Gasteiger charge is 2.38. The lowest BCUT2D eigenvalue weighted by Crippen LogP contribution is -2.46. The quantitative estimate of drug-likeness (QED) is 0.674. The summed E-state index contributed by atoms with van der Waals surface area (Å²) in [6.07, 6.45) is 9.44. The molecule has 134 valence electrons. The zero-order valence-electron chi connectivity index (χ0n) is 14.3. The minimum atomic E-state index is -0.978. The number of fused-ring (bicyclic) bond motifs is 1. The third-order valence-electron chi connectivity index (χ3n) is 5.28. The van der Waals surface area contributed by atoms with Crippen LogP contribution in [0.5, 0.6) is 0 Å². The first kappa shape index (κ1) is 16.9. The Morgan fingerprint density at radius 2 is 1.88 bits per heavy atom. The van der Waals surface area contributed by atoms with E-state index in [9.17, 15) is 9.90 Å². The molecule has 1 saturated carbocycles. The third-order valence-corrected chi connectivity index (χ3v) is 5.53. The van der Waals surface area contributed by atoms with E-state index in [1.54, 1.807) is 6.20 Å². The molecule has 0 spiro atoms. The Kier molecular flexibility index (Phi) is 4.32. The van der Waals surface area contributed by atoms with Gasteiger partial charge in [-0.3, -0.25) is 4.98 Å². The molecule has 2 aromatic heterocycles. The average molecular weight is 370 g/mol. The molecule has 6 heteroatoms. The zero-order chi connectivity index (χ0) is 18.1. The number of rotatable bonds is 3. The van der Waals surface area contributed by atoms with Crippen LogP contribution in [-0.4, -0.2) is 20.8 Å². The maximum atomic E-state index is 11.6. The normalized spacial score (nSPS) is 16.5. The number of hydrogen-bond donors (Lipinski definition) is 2. The van der Waals surface area contributed by atoms with Crippen LogP contribution in [0.1, 0.15) is 37.7 Å². The third kappa shape index (κ3) is 2.92. The Morgan fingerprint density at radius 3 is 2.58 bits per heavy atom. The number of nitrogens with one attached hydrogen (secondary N) is 1. The van der Waals surface area contributed by atoms with Gasteiger partial charge in [0, 0.05) is 34.1 Å². The van der Waals surface area contributed by atoms with Crippen LogP contribution in [0.25, 0.3) is 16.6 Å². The SMILES string of the molecule is O=C(O)NC1(c2cn(-c3ccc(Cl)cc3)c3cnccc23)CCCCC1. The summed E-state index contributed by atoms with van der Waals surface area (Å²) in [5.74, 6) is 0. The van der Waals surface area contributed by atoms with Crippen LogP contribution in [-0.2, 0) is 5.54 Å². The highest BCUT2D eigenvalue weighted by atomic mass is 35.5. The Morgan fingerprint density at radius 1 is 1.15 bits per heavy atom. The van der Waals surface area contributed by atoms with Crippen LogP contribution >= 0.6 is 11.6 Å². The van der Waals surface area contributed by atoms with Crippen molar-refractivity contribution >= 4 is 28.6 Å². The van der Waals surface area contributed by atoms with E-state index in [-0.39, 0.29) is 0 Å². The molecular formula is C20H20ClN3O2. The van der Waals surface area contributed by atoms with Crippen molar-refractivity contribution in [1.82, 2.24) is 14.9 Å². The van der Waals surface area contributed by atoms with Gasteiger partial charge in [-0.15, -0.1) is 0 Å². The number of aromatic nitrogens is 2. The molecule has 4 rings (SSSR count). The Hall–Kier alpha value is -2.53. The molecule has 1 aromatic carbocycles. The van der Waals surface area contributed by atoms with Crippen LogP contribution in [0.2, 0.25) is 5.02 Å². The first-order valence-corrected chi connectivity index (χ1v) is 9.19. The van der Waals surface area contributed by atoms with Gasteiger partial charge in [-0.05, 0) is 43.2 Å². The summed E-state index contributed by atoms with van der Waals surface area (Å²) >= 11 is 6.03. The lowest BCUT2D eigenvalue weighted by atomic mass is 9.76. The van der Waals surface area contributed by atoms with E-state index in [1.165, 1.54) is 0 Å². The van der Waals surface area contributed by atoms with E-state index >= 15 is 0 Å². The summed E-state index contributed by atoms with van der Waals surface area (Å²) in [5, 5.41) is 14.0. The largest absolute Gasteiger partial charge is 0.465 e. The molecule has 1 aliphatic carbocycles. The summed E-state index contributed by atoms with van der Waals surface area (Å²) < 4.78 is 2.06. The van der Waals surface area contributed by atoms with Crippen molar-refractivity contribution in [1.29, 1.82) is 0 Å². The summed E-state index contributed by atoms with van der Waals surface area (Å²) in [6, 6.07) is 9.58. The minimum absolute atomic E-state index is 0.554. The number of carbonyl (C=O) groups is 1. The second kappa shape index (κ2) is 6.65. The number of benzene rings is 1. The van der Waals surface area contributed by atoms with Crippen LogP contribution < -0.4 is 5.32 Å². The van der Waals surface area contributed by atoms with Crippen molar-refractivity contribution in [2.45, 2.75) is 37.6 Å². The van der Waals surface area contributed by atoms with E-state index in [0.29, 0.717) is 5.02 Å². The number of halogens is 1. The van der Waals surface area contributed by atoms with Gasteiger partial charge in [0.05, 0.1) is 17.3 Å². The molecule has 26 heavy (non-hydrogen) atoms. The molecule has 2 heterocycles. The van der Waals surface area contributed by atoms with Crippen molar-refractivity contribution in [3.8, 4) is 5.69 Å². The first-order valence-electron chi connectivity index (χ1n) is 8.82. The molecule has 1 fully saturated rings. The maximum absolute atomic E-state index is 11.6. The lowest BCUT2D eigenvalue weighted by Gasteiger charge is -2.37. The Balaban J connectivity index is 1.92. The fraction of sp³-hybridized carbons (Fsp3) is 0.300. The number of nitrogens with zero attached hydrogens (tertiary/aromatic N) is 2. The van der Waals surface area contributed by atoms with Crippen molar-refractivity contribution in [3.05, 3.63) is 59.5 Å². The molecule has 5 nitrogen and oxygen atoms in total. The molecular weight excluding hydrogens is 350 g/mol. The van der Waals surface area contributed by atoms with Gasteiger partial charge >= 0.3 is 6.09 Å². The van der Waals surface area contributed by atoms with E-state index in [1.807, 2.05) is 36.5 Å². The molecule has 1 aliphatic rings. The van der Waals surface area contributed by atoms with Gasteiger partial charge in [0.25, 0.3) is 0 Å². The number of hydrogen-bond acceptors (Lipinski definition) is 2. The van der Waals surface area contributed by atoms with E-state index in [0.717, 1.165) is 54.3 Å². The Bertz CT molecular complexity index is 943. The number of pyridine rings is 1. The standard InChI is InChI=1S/C20H20ClN3O2/c21-14-4-6-15(7-5-14)24-13-17(16-8-11-22-12-18(16)24)20(23-19(25)26)9-2-1-3-10-20/h4-8,11-13,23H,1-3,9-10H2,(H,25,26). The van der Waals surface area contributed by atoms with Crippen LogP contribution in [0.3, 0.4) is 0 Å². The predicted molar refractivity (Wildman–Crippen MR) is 102 cm³/mol. The molecule has 0 unspecified atom stereocenters. The van der Waals surface area contributed by atoms with Crippen LogP contribution in [0.4, 0.5) is 4.79 Å². The lowest BCUT2D eigenvalue weighted by molar-refractivity contribution is 0.162. The van der Waals surface area contributed by atoms with Crippen LogP contribution in [0.15, 0.2) is 48.9 Å². The van der Waals surface area contributed by atoms with Gasteiger partial charge in [-0.1, -0.05) is 30.9 Å². The van der Waals surface area contributed by atoms with E-state index < -0.39 is 11.6 Å². The zero-order valence-corrected chi connectivity index (χ0v) is 15.0. The first-order chi connectivity index (χ1) is 12.6. The molecule has 0 radical (unpaired) electrons. The van der Waals surface area contributed by atoms with Gasteiger partial charge in [0.2, 0.25) is 0 Å². The monoisotopic (exact) mass is 369 g/mol. The van der Waals surface area contributed by atoms with E-state index in [2.05, 4.69) is 21.1 Å². The van der Waals surface area contributed by atoms with Crippen molar-refractivity contribution in [2.24, 2.45) is 0 Å². The number of carboxylic acid groups (broad SMARTS) is 1. The van der Waals surface area contributed by atoms with Crippen LogP contribution in [0, 0.1) is 0 Å². The topological polar surface area (TPSA) is 67.2 Å². The molecule has 0 bridgehead atoms. The number of amides is 1. The smallest absolute Gasteiger partial charge is 0.405 e. The van der Waals surface area contributed by atoms with Gasteiger partial charge < -0.3 is 15.0 Å². The van der Waals surface area contributed by atoms with Gasteiger partial charge in [-0.2, -0.15) is 0 Å². The summed E-state index contributed by atoms with van der Waals surface area (Å²) in [6.45, 7) is 0. The fourth-order valence-corrected chi connectivity index (χ4v) is 4.22. The highest BCUT2D eigenvalue weighted by Crippen LogP contribution is 2.41. The second-order valence-electron chi connectivity index (χ2n) is 6.85. The van der Waals surface area contributed by atoms with E-state index in [4.69, 9.17) is 11.6 Å². The highest BCUT2D eigenvalue weighted by molar-refractivity contribution is 6.30. The van der Waals surface area contributed by atoms with Gasteiger partial charge in [-0.25, -0.2) is 4.79 Å². The summed E-state index contributed by atoms with van der Waals surface area (Å²) in [4.78, 5) is 15.8. The average Bonchev–Trinajstić information content (AvgIpc) is 3.03. The van der Waals surface area contributed by atoms with Crippen molar-refractivity contribution < 1.29 is 9.90 Å². The molecule has 2 N–H and O–H groups in total. The molecule has 0 aliphatic heterocycles. The maximum Gasteiger partial charge on any atom is 0.405 e.